The molecule has 0 aliphatic rings. The van der Waals surface area contributed by atoms with Crippen molar-refractivity contribution >= 4 is 43.6 Å². The summed E-state index contributed by atoms with van der Waals surface area (Å²) in [5.74, 6) is 0. The van der Waals surface area contributed by atoms with Crippen molar-refractivity contribution in [3.05, 3.63) is 143 Å². The van der Waals surface area contributed by atoms with Gasteiger partial charge >= 0.3 is 18.5 Å². The SMILES string of the molecule is N#Cc1cc(-n2c3ccccc3c3cc(C(F)(F)F)ccc32)c(-c2c(C#N)cccc2C(F)(F)F)c(-n2c3ccccc3c3cc(C(F)(F)F)ccc32)c1. The van der Waals surface area contributed by atoms with Crippen molar-refractivity contribution in [2.45, 2.75) is 18.5 Å². The van der Waals surface area contributed by atoms with Gasteiger partial charge in [0.25, 0.3) is 0 Å². The van der Waals surface area contributed by atoms with Crippen LogP contribution in [0.25, 0.3) is 66.1 Å². The van der Waals surface area contributed by atoms with E-state index in [1.165, 1.54) is 39.5 Å². The number of rotatable bonds is 3. The fourth-order valence-electron chi connectivity index (χ4n) is 7.25. The van der Waals surface area contributed by atoms with Gasteiger partial charge in [0.05, 0.1) is 73.4 Å². The third-order valence-electron chi connectivity index (χ3n) is 9.45. The second-order valence-corrected chi connectivity index (χ2v) is 12.5. The second-order valence-electron chi connectivity index (χ2n) is 12.5. The van der Waals surface area contributed by atoms with Gasteiger partial charge in [0, 0.05) is 32.7 Å². The van der Waals surface area contributed by atoms with E-state index in [4.69, 9.17) is 0 Å². The third kappa shape index (κ3) is 5.31. The van der Waals surface area contributed by atoms with Crippen molar-refractivity contribution in [2.75, 3.05) is 0 Å². The first-order valence-corrected chi connectivity index (χ1v) is 16.0. The van der Waals surface area contributed by atoms with E-state index in [9.17, 15) is 36.9 Å². The van der Waals surface area contributed by atoms with Gasteiger partial charge in [-0.2, -0.15) is 50.0 Å². The molecule has 8 rings (SSSR count). The van der Waals surface area contributed by atoms with Gasteiger partial charge in [-0.15, -0.1) is 0 Å². The molecule has 2 heterocycles. The fourth-order valence-corrected chi connectivity index (χ4v) is 7.25. The van der Waals surface area contributed by atoms with E-state index < -0.39 is 46.3 Å². The van der Waals surface area contributed by atoms with Crippen LogP contribution in [0.2, 0.25) is 0 Å². The van der Waals surface area contributed by atoms with Crippen molar-refractivity contribution in [3.8, 4) is 34.6 Å². The summed E-state index contributed by atoms with van der Waals surface area (Å²) in [6, 6.07) is 27.9. The van der Waals surface area contributed by atoms with Gasteiger partial charge in [-0.05, 0) is 72.8 Å². The van der Waals surface area contributed by atoms with E-state index in [-0.39, 0.29) is 55.3 Å². The Morgan fingerprint density at radius 1 is 0.426 bits per heavy atom. The standard InChI is InChI=1S/C41H19F9N4/c42-39(43,44)24-12-14-33-28(18-24)26-7-1-3-10-31(26)53(33)35-16-22(20-51)17-36(38(35)37-23(21-52)6-5-9-30(37)41(48,49)50)54-32-11-4-2-8-27(32)29-19-25(40(45,46)47)13-15-34(29)54/h1-19H. The van der Waals surface area contributed by atoms with E-state index in [1.807, 2.05) is 12.1 Å². The van der Waals surface area contributed by atoms with Crippen LogP contribution in [0.1, 0.15) is 27.8 Å². The molecule has 0 amide bonds. The van der Waals surface area contributed by atoms with Crippen molar-refractivity contribution in [2.24, 2.45) is 0 Å². The first-order chi connectivity index (χ1) is 25.6. The maximum atomic E-state index is 15.1. The summed E-state index contributed by atoms with van der Waals surface area (Å²) in [4.78, 5) is 0. The smallest absolute Gasteiger partial charge is 0.308 e. The van der Waals surface area contributed by atoms with E-state index >= 15 is 13.2 Å². The lowest BCUT2D eigenvalue weighted by Gasteiger charge is -2.24. The third-order valence-corrected chi connectivity index (χ3v) is 9.45. The highest BCUT2D eigenvalue weighted by atomic mass is 19.4. The lowest BCUT2D eigenvalue weighted by atomic mass is 9.90. The quantitative estimate of drug-likeness (QED) is 0.170. The maximum absolute atomic E-state index is 15.1. The fraction of sp³-hybridized carbons (Fsp3) is 0.0732. The number of nitrogens with zero attached hydrogens (tertiary/aromatic N) is 4. The second kappa shape index (κ2) is 11.9. The van der Waals surface area contributed by atoms with Crippen molar-refractivity contribution < 1.29 is 39.5 Å². The van der Waals surface area contributed by atoms with Crippen LogP contribution in [-0.2, 0) is 18.5 Å². The minimum Gasteiger partial charge on any atom is -0.308 e. The van der Waals surface area contributed by atoms with Crippen LogP contribution in [-0.4, -0.2) is 9.13 Å². The van der Waals surface area contributed by atoms with Crippen molar-refractivity contribution in [1.82, 2.24) is 9.13 Å². The van der Waals surface area contributed by atoms with Crippen LogP contribution >= 0.6 is 0 Å². The molecule has 0 bridgehead atoms. The highest BCUT2D eigenvalue weighted by Gasteiger charge is 2.38. The number of alkyl halides is 9. The molecule has 0 unspecified atom stereocenters. The Labute approximate surface area is 298 Å². The predicted molar refractivity (Wildman–Crippen MR) is 185 cm³/mol. The van der Waals surface area contributed by atoms with Gasteiger partial charge in [-0.3, -0.25) is 0 Å². The number of hydrogen-bond donors (Lipinski definition) is 0. The molecule has 4 nitrogen and oxygen atoms in total. The van der Waals surface area contributed by atoms with E-state index in [0.29, 0.717) is 10.8 Å². The molecule has 266 valence electrons. The summed E-state index contributed by atoms with van der Waals surface area (Å²) in [5, 5.41) is 21.5. The Bertz CT molecular complexity index is 2780. The molecule has 0 atom stereocenters. The van der Waals surface area contributed by atoms with Gasteiger partial charge in [0.15, 0.2) is 0 Å². The molecule has 0 spiro atoms. The number of halogens is 9. The van der Waals surface area contributed by atoms with Crippen LogP contribution in [0.3, 0.4) is 0 Å². The Morgan fingerprint density at radius 3 is 1.31 bits per heavy atom. The highest BCUT2D eigenvalue weighted by molar-refractivity contribution is 6.12. The van der Waals surface area contributed by atoms with Crippen LogP contribution in [0.5, 0.6) is 0 Å². The van der Waals surface area contributed by atoms with Crippen LogP contribution < -0.4 is 0 Å². The molecule has 0 saturated heterocycles. The van der Waals surface area contributed by atoms with Crippen molar-refractivity contribution in [1.29, 1.82) is 10.5 Å². The Kier molecular flexibility index (Phi) is 7.57. The van der Waals surface area contributed by atoms with Crippen LogP contribution in [0, 0.1) is 22.7 Å². The van der Waals surface area contributed by atoms with Gasteiger partial charge in [0.2, 0.25) is 0 Å². The largest absolute Gasteiger partial charge is 0.417 e. The molecule has 54 heavy (non-hydrogen) atoms. The lowest BCUT2D eigenvalue weighted by Crippen LogP contribution is -2.12. The average molecular weight is 739 g/mol. The molecule has 0 radical (unpaired) electrons. The molecule has 0 N–H and O–H groups in total. The van der Waals surface area contributed by atoms with E-state index in [2.05, 4.69) is 0 Å². The summed E-state index contributed by atoms with van der Waals surface area (Å²) in [7, 11) is 0. The number of para-hydroxylation sites is 2. The first kappa shape index (κ1) is 34.4. The summed E-state index contributed by atoms with van der Waals surface area (Å²) < 4.78 is 132. The summed E-state index contributed by atoms with van der Waals surface area (Å²) in [6.45, 7) is 0. The predicted octanol–water partition coefficient (Wildman–Crippen LogP) is 12.3. The molecule has 0 aliphatic heterocycles. The molecular formula is C41H19F9N4. The normalized spacial score (nSPS) is 12.5. The van der Waals surface area contributed by atoms with Gasteiger partial charge in [-0.25, -0.2) is 0 Å². The minimum atomic E-state index is -5.05. The summed E-state index contributed by atoms with van der Waals surface area (Å²) >= 11 is 0. The Hall–Kier alpha value is -6.73. The molecule has 0 aliphatic carbocycles. The topological polar surface area (TPSA) is 57.4 Å². The molecule has 8 aromatic rings. The molecule has 0 saturated carbocycles. The van der Waals surface area contributed by atoms with Gasteiger partial charge < -0.3 is 9.13 Å². The highest BCUT2D eigenvalue weighted by Crippen LogP contribution is 2.48. The Balaban J connectivity index is 1.63. The van der Waals surface area contributed by atoms with E-state index in [1.54, 1.807) is 48.5 Å². The zero-order chi connectivity index (χ0) is 38.3. The lowest BCUT2D eigenvalue weighted by molar-refractivity contribution is -0.138. The summed E-state index contributed by atoms with van der Waals surface area (Å²) in [5.41, 5.74) is -3.89. The summed E-state index contributed by atoms with van der Waals surface area (Å²) in [6.07, 6.45) is -14.5. The van der Waals surface area contributed by atoms with Gasteiger partial charge in [-0.1, -0.05) is 42.5 Å². The van der Waals surface area contributed by atoms with Crippen LogP contribution in [0.4, 0.5) is 39.5 Å². The maximum Gasteiger partial charge on any atom is 0.417 e. The molecular weight excluding hydrogens is 719 g/mol. The van der Waals surface area contributed by atoms with Gasteiger partial charge in [0.1, 0.15) is 0 Å². The molecule has 13 heteroatoms. The molecule has 0 fully saturated rings. The number of benzene rings is 6. The monoisotopic (exact) mass is 738 g/mol. The first-order valence-electron chi connectivity index (χ1n) is 16.0. The average Bonchev–Trinajstić information content (AvgIpc) is 3.65. The minimum absolute atomic E-state index is 0.0950. The number of aromatic nitrogens is 2. The number of hydrogen-bond acceptors (Lipinski definition) is 2. The zero-order valence-corrected chi connectivity index (χ0v) is 27.2. The molecule has 2 aromatic heterocycles. The van der Waals surface area contributed by atoms with Crippen molar-refractivity contribution in [3.63, 3.8) is 0 Å². The molecule has 6 aromatic carbocycles. The Morgan fingerprint density at radius 2 is 0.889 bits per heavy atom. The van der Waals surface area contributed by atoms with E-state index in [0.717, 1.165) is 36.4 Å². The number of nitriles is 2. The zero-order valence-electron chi connectivity index (χ0n) is 27.2. The van der Waals surface area contributed by atoms with Crippen LogP contribution in [0.15, 0.2) is 115 Å². The number of fused-ring (bicyclic) bond motifs is 6.